The molecular weight excluding hydrogens is 260 g/mol. The second kappa shape index (κ2) is 8.06. The van der Waals surface area contributed by atoms with Crippen LogP contribution in [0.15, 0.2) is 0 Å². The molecule has 1 saturated heterocycles. The number of carbonyl (C=O) groups is 2. The van der Waals surface area contributed by atoms with Gasteiger partial charge in [0, 0.05) is 52.2 Å². The van der Waals surface area contributed by atoms with Crippen LogP contribution in [-0.4, -0.2) is 91.7 Å². The molecule has 20 heavy (non-hydrogen) atoms. The predicted octanol–water partition coefficient (Wildman–Crippen LogP) is -0.262. The molecule has 116 valence electrons. The van der Waals surface area contributed by atoms with Crippen LogP contribution in [-0.2, 0) is 4.79 Å². The number of nitrogens with zero attached hydrogens (tertiary/aromatic N) is 3. The van der Waals surface area contributed by atoms with Gasteiger partial charge in [0.15, 0.2) is 0 Å². The number of piperazine rings is 1. The second-order valence-corrected chi connectivity index (χ2v) is 5.50. The van der Waals surface area contributed by atoms with E-state index in [1.165, 1.54) is 4.90 Å². The zero-order valence-corrected chi connectivity index (χ0v) is 12.6. The molecule has 0 saturated carbocycles. The number of hydrogen-bond donors (Lipinski definition) is 2. The van der Waals surface area contributed by atoms with E-state index in [2.05, 4.69) is 29.2 Å². The number of urea groups is 1. The van der Waals surface area contributed by atoms with Crippen LogP contribution in [0.2, 0.25) is 0 Å². The molecule has 1 heterocycles. The van der Waals surface area contributed by atoms with E-state index in [1.807, 2.05) is 0 Å². The molecule has 1 aliphatic heterocycles. The number of carboxylic acids is 1. The van der Waals surface area contributed by atoms with E-state index in [-0.39, 0.29) is 12.5 Å². The molecule has 0 aromatic carbocycles. The summed E-state index contributed by atoms with van der Waals surface area (Å²) in [7, 11) is 5.84. The first-order chi connectivity index (χ1) is 9.40. The standard InChI is InChI=1S/C13H26N4O3/c1-15-7-8-16(2)11(10-15)9-14-13(20)17(3)6-4-5-12(18)19/h11H,4-10H2,1-3H3,(H,14,20)(H,18,19). The summed E-state index contributed by atoms with van der Waals surface area (Å²) in [5.41, 5.74) is 0. The third-order valence-electron chi connectivity index (χ3n) is 3.70. The lowest BCUT2D eigenvalue weighted by Crippen LogP contribution is -2.55. The fraction of sp³-hybridized carbons (Fsp3) is 0.846. The Morgan fingerprint density at radius 1 is 1.35 bits per heavy atom. The molecule has 1 fully saturated rings. The monoisotopic (exact) mass is 286 g/mol. The predicted molar refractivity (Wildman–Crippen MR) is 76.8 cm³/mol. The third-order valence-corrected chi connectivity index (χ3v) is 3.70. The number of nitrogens with one attached hydrogen (secondary N) is 1. The van der Waals surface area contributed by atoms with E-state index < -0.39 is 5.97 Å². The molecule has 1 atom stereocenters. The van der Waals surface area contributed by atoms with Gasteiger partial charge in [-0.2, -0.15) is 0 Å². The van der Waals surface area contributed by atoms with E-state index >= 15 is 0 Å². The number of likely N-dealkylation sites (N-methyl/N-ethyl adjacent to an activating group) is 2. The Bertz CT molecular complexity index is 338. The molecule has 7 heteroatoms. The van der Waals surface area contributed by atoms with Crippen molar-refractivity contribution >= 4 is 12.0 Å². The molecule has 0 radical (unpaired) electrons. The van der Waals surface area contributed by atoms with Crippen LogP contribution in [0, 0.1) is 0 Å². The van der Waals surface area contributed by atoms with E-state index in [4.69, 9.17) is 5.11 Å². The summed E-state index contributed by atoms with van der Waals surface area (Å²) in [6.07, 6.45) is 0.569. The lowest BCUT2D eigenvalue weighted by atomic mass is 10.2. The third kappa shape index (κ3) is 5.75. The summed E-state index contributed by atoms with van der Waals surface area (Å²) in [6, 6.07) is 0.183. The lowest BCUT2D eigenvalue weighted by Gasteiger charge is -2.37. The van der Waals surface area contributed by atoms with E-state index in [9.17, 15) is 9.59 Å². The van der Waals surface area contributed by atoms with Crippen LogP contribution < -0.4 is 5.32 Å². The number of aliphatic carboxylic acids is 1. The van der Waals surface area contributed by atoms with Gasteiger partial charge in [0.05, 0.1) is 0 Å². The van der Waals surface area contributed by atoms with Crippen molar-refractivity contribution in [3.8, 4) is 0 Å². The molecule has 1 unspecified atom stereocenters. The van der Waals surface area contributed by atoms with Crippen molar-refractivity contribution in [3.63, 3.8) is 0 Å². The summed E-state index contributed by atoms with van der Waals surface area (Å²) < 4.78 is 0. The number of carbonyl (C=O) groups excluding carboxylic acids is 1. The lowest BCUT2D eigenvalue weighted by molar-refractivity contribution is -0.137. The molecular formula is C13H26N4O3. The topological polar surface area (TPSA) is 76.1 Å². The highest BCUT2D eigenvalue weighted by atomic mass is 16.4. The SMILES string of the molecule is CN1CCN(C)C(CNC(=O)N(C)CCCC(=O)O)C1. The Kier molecular flexibility index (Phi) is 6.74. The van der Waals surface area contributed by atoms with Gasteiger partial charge in [-0.3, -0.25) is 9.69 Å². The van der Waals surface area contributed by atoms with Crippen molar-refractivity contribution in [3.05, 3.63) is 0 Å². The van der Waals surface area contributed by atoms with E-state index in [0.29, 0.717) is 25.6 Å². The Labute approximate surface area is 120 Å². The van der Waals surface area contributed by atoms with E-state index in [0.717, 1.165) is 19.6 Å². The molecule has 0 bridgehead atoms. The number of amides is 2. The van der Waals surface area contributed by atoms with Gasteiger partial charge in [0.25, 0.3) is 0 Å². The molecule has 0 aromatic heterocycles. The highest BCUT2D eigenvalue weighted by molar-refractivity contribution is 5.74. The van der Waals surface area contributed by atoms with Gasteiger partial charge in [-0.15, -0.1) is 0 Å². The maximum Gasteiger partial charge on any atom is 0.317 e. The maximum absolute atomic E-state index is 11.9. The molecule has 0 spiro atoms. The van der Waals surface area contributed by atoms with Crippen LogP contribution in [0.3, 0.4) is 0 Å². The Hall–Kier alpha value is -1.34. The van der Waals surface area contributed by atoms with Crippen molar-refractivity contribution in [2.75, 3.05) is 53.9 Å². The zero-order chi connectivity index (χ0) is 15.1. The van der Waals surface area contributed by atoms with Gasteiger partial charge in [-0.05, 0) is 20.5 Å². The van der Waals surface area contributed by atoms with Crippen LogP contribution in [0.25, 0.3) is 0 Å². The molecule has 2 amide bonds. The summed E-state index contributed by atoms with van der Waals surface area (Å²) in [5, 5.41) is 11.5. The van der Waals surface area contributed by atoms with Crippen molar-refractivity contribution in [1.82, 2.24) is 20.0 Å². The van der Waals surface area contributed by atoms with Gasteiger partial charge in [-0.1, -0.05) is 0 Å². The molecule has 7 nitrogen and oxygen atoms in total. The molecule has 2 N–H and O–H groups in total. The minimum atomic E-state index is -0.828. The highest BCUT2D eigenvalue weighted by Crippen LogP contribution is 2.05. The first-order valence-electron chi connectivity index (χ1n) is 6.99. The summed E-state index contributed by atoms with van der Waals surface area (Å²) in [4.78, 5) is 28.4. The largest absolute Gasteiger partial charge is 0.481 e. The minimum absolute atomic E-state index is 0.0910. The van der Waals surface area contributed by atoms with Crippen LogP contribution >= 0.6 is 0 Å². The average Bonchev–Trinajstić information content (AvgIpc) is 2.38. The van der Waals surface area contributed by atoms with Crippen LogP contribution in [0.1, 0.15) is 12.8 Å². The Morgan fingerprint density at radius 2 is 2.05 bits per heavy atom. The number of carboxylic acid groups (broad SMARTS) is 1. The quantitative estimate of drug-likeness (QED) is 0.703. The zero-order valence-electron chi connectivity index (χ0n) is 12.6. The van der Waals surface area contributed by atoms with Crippen molar-refractivity contribution in [2.45, 2.75) is 18.9 Å². The normalized spacial score (nSPS) is 20.6. The fourth-order valence-corrected chi connectivity index (χ4v) is 2.23. The fourth-order valence-electron chi connectivity index (χ4n) is 2.23. The van der Waals surface area contributed by atoms with Crippen LogP contribution in [0.4, 0.5) is 4.79 Å². The van der Waals surface area contributed by atoms with E-state index in [1.54, 1.807) is 7.05 Å². The van der Waals surface area contributed by atoms with Gasteiger partial charge in [0.2, 0.25) is 0 Å². The highest BCUT2D eigenvalue weighted by Gasteiger charge is 2.22. The first-order valence-corrected chi connectivity index (χ1v) is 6.99. The average molecular weight is 286 g/mol. The molecule has 0 aromatic rings. The second-order valence-electron chi connectivity index (χ2n) is 5.50. The summed E-state index contributed by atoms with van der Waals surface area (Å²) >= 11 is 0. The summed E-state index contributed by atoms with van der Waals surface area (Å²) in [5.74, 6) is -0.828. The summed E-state index contributed by atoms with van der Waals surface area (Å²) in [6.45, 7) is 4.07. The molecule has 1 rings (SSSR count). The molecule has 1 aliphatic rings. The number of hydrogen-bond acceptors (Lipinski definition) is 4. The van der Waals surface area contributed by atoms with Crippen molar-refractivity contribution in [2.24, 2.45) is 0 Å². The Morgan fingerprint density at radius 3 is 2.70 bits per heavy atom. The van der Waals surface area contributed by atoms with Gasteiger partial charge in [-0.25, -0.2) is 4.79 Å². The minimum Gasteiger partial charge on any atom is -0.481 e. The van der Waals surface area contributed by atoms with Crippen molar-refractivity contribution < 1.29 is 14.7 Å². The van der Waals surface area contributed by atoms with Gasteiger partial charge < -0.3 is 20.2 Å². The smallest absolute Gasteiger partial charge is 0.317 e. The maximum atomic E-state index is 11.9. The molecule has 0 aliphatic carbocycles. The first kappa shape index (κ1) is 16.7. The Balaban J connectivity index is 2.25. The number of rotatable bonds is 6. The van der Waals surface area contributed by atoms with Gasteiger partial charge >= 0.3 is 12.0 Å². The van der Waals surface area contributed by atoms with Crippen LogP contribution in [0.5, 0.6) is 0 Å². The van der Waals surface area contributed by atoms with Crippen molar-refractivity contribution in [1.29, 1.82) is 0 Å². The van der Waals surface area contributed by atoms with Gasteiger partial charge in [0.1, 0.15) is 0 Å².